The Balaban J connectivity index is 0. The summed E-state index contributed by atoms with van der Waals surface area (Å²) in [7, 11) is 0. The zero-order valence-electron chi connectivity index (χ0n) is 13.0. The highest BCUT2D eigenvalue weighted by Gasteiger charge is 2.22. The standard InChI is InChI=1S/C11H24N2O2.C2H2O4/c1-10(2,5-6-14)7-9(15)13-8-11(3,4)12;3-1(4)2(5)6/h14H,5-8,12H2,1-4H3,(H,13,15);(H,3,4)(H,5,6). The first-order chi connectivity index (χ1) is 9.30. The number of hydrogen-bond donors (Lipinski definition) is 5. The van der Waals surface area contributed by atoms with Gasteiger partial charge in [-0.3, -0.25) is 4.79 Å². The number of amides is 1. The molecule has 1 amide bonds. The number of carboxylic acid groups (broad SMARTS) is 2. The van der Waals surface area contributed by atoms with Gasteiger partial charge in [0, 0.05) is 25.1 Å². The second-order valence-corrected chi connectivity index (χ2v) is 6.19. The molecule has 0 aliphatic carbocycles. The van der Waals surface area contributed by atoms with E-state index in [2.05, 4.69) is 5.32 Å². The number of rotatable bonds is 6. The van der Waals surface area contributed by atoms with Crippen LogP contribution in [0.4, 0.5) is 0 Å². The molecule has 0 aliphatic heterocycles. The van der Waals surface area contributed by atoms with Crippen molar-refractivity contribution < 1.29 is 29.7 Å². The van der Waals surface area contributed by atoms with Crippen LogP contribution in [0.25, 0.3) is 0 Å². The molecule has 0 aliphatic rings. The zero-order valence-corrected chi connectivity index (χ0v) is 13.0. The molecule has 0 fully saturated rings. The highest BCUT2D eigenvalue weighted by Crippen LogP contribution is 2.24. The van der Waals surface area contributed by atoms with E-state index in [1.807, 2.05) is 27.7 Å². The van der Waals surface area contributed by atoms with E-state index in [0.29, 0.717) is 19.4 Å². The molecule has 8 heteroatoms. The first-order valence-electron chi connectivity index (χ1n) is 6.43. The summed E-state index contributed by atoms with van der Waals surface area (Å²) >= 11 is 0. The van der Waals surface area contributed by atoms with E-state index in [9.17, 15) is 4.79 Å². The number of aliphatic hydroxyl groups is 1. The number of nitrogens with two attached hydrogens (primary N) is 1. The van der Waals surface area contributed by atoms with Crippen molar-refractivity contribution in [3.05, 3.63) is 0 Å². The Morgan fingerprint density at radius 2 is 1.48 bits per heavy atom. The topological polar surface area (TPSA) is 150 Å². The van der Waals surface area contributed by atoms with E-state index >= 15 is 0 Å². The van der Waals surface area contributed by atoms with Gasteiger partial charge in [-0.1, -0.05) is 13.8 Å². The van der Waals surface area contributed by atoms with Crippen molar-refractivity contribution in [3.8, 4) is 0 Å². The van der Waals surface area contributed by atoms with Gasteiger partial charge < -0.3 is 26.4 Å². The molecular weight excluding hydrogens is 280 g/mol. The van der Waals surface area contributed by atoms with Gasteiger partial charge in [0.25, 0.3) is 0 Å². The van der Waals surface area contributed by atoms with Crippen LogP contribution in [-0.4, -0.2) is 51.9 Å². The van der Waals surface area contributed by atoms with Crippen LogP contribution in [0.1, 0.15) is 40.5 Å². The molecule has 0 heterocycles. The summed E-state index contributed by atoms with van der Waals surface area (Å²) in [5.74, 6) is -3.66. The number of aliphatic hydroxyl groups excluding tert-OH is 1. The molecule has 124 valence electrons. The molecule has 0 atom stereocenters. The Kier molecular flexibility index (Phi) is 9.58. The SMILES string of the molecule is CC(C)(N)CNC(=O)CC(C)(C)CCO.O=C(O)C(=O)O. The Morgan fingerprint density at radius 3 is 1.76 bits per heavy atom. The van der Waals surface area contributed by atoms with E-state index < -0.39 is 11.9 Å². The molecule has 8 nitrogen and oxygen atoms in total. The molecule has 0 saturated heterocycles. The molecule has 0 bridgehead atoms. The van der Waals surface area contributed by atoms with E-state index in [0.717, 1.165) is 0 Å². The number of carbonyl (C=O) groups is 3. The van der Waals surface area contributed by atoms with Crippen molar-refractivity contribution in [2.75, 3.05) is 13.2 Å². The quantitative estimate of drug-likeness (QED) is 0.426. The normalized spacial score (nSPS) is 11.1. The highest BCUT2D eigenvalue weighted by atomic mass is 16.4. The van der Waals surface area contributed by atoms with Crippen molar-refractivity contribution in [2.24, 2.45) is 11.1 Å². The van der Waals surface area contributed by atoms with Crippen molar-refractivity contribution in [1.82, 2.24) is 5.32 Å². The fourth-order valence-electron chi connectivity index (χ4n) is 1.21. The molecule has 21 heavy (non-hydrogen) atoms. The molecule has 6 N–H and O–H groups in total. The Morgan fingerprint density at radius 1 is 1.05 bits per heavy atom. The number of carbonyl (C=O) groups excluding carboxylic acids is 1. The number of nitrogens with one attached hydrogen (secondary N) is 1. The minimum atomic E-state index is -1.82. The van der Waals surface area contributed by atoms with Crippen LogP contribution in [-0.2, 0) is 14.4 Å². The van der Waals surface area contributed by atoms with Gasteiger partial charge in [0.1, 0.15) is 0 Å². The molecule has 0 radical (unpaired) electrons. The molecular formula is C13H26N2O6. The van der Waals surface area contributed by atoms with Gasteiger partial charge in [0.2, 0.25) is 5.91 Å². The molecule has 0 aromatic heterocycles. The van der Waals surface area contributed by atoms with E-state index in [1.54, 1.807) is 0 Å². The summed E-state index contributed by atoms with van der Waals surface area (Å²) in [4.78, 5) is 29.7. The summed E-state index contributed by atoms with van der Waals surface area (Å²) in [6.07, 6.45) is 1.05. The van der Waals surface area contributed by atoms with Crippen molar-refractivity contribution in [1.29, 1.82) is 0 Å². The maximum atomic E-state index is 11.5. The lowest BCUT2D eigenvalue weighted by Gasteiger charge is -2.24. The van der Waals surface area contributed by atoms with Gasteiger partial charge in [-0.05, 0) is 25.7 Å². The molecule has 0 unspecified atom stereocenters. The van der Waals surface area contributed by atoms with Gasteiger partial charge in [0.15, 0.2) is 0 Å². The average Bonchev–Trinajstić information content (AvgIpc) is 2.25. The van der Waals surface area contributed by atoms with Crippen LogP contribution >= 0.6 is 0 Å². The minimum Gasteiger partial charge on any atom is -0.473 e. The number of carboxylic acids is 2. The number of hydrogen-bond acceptors (Lipinski definition) is 5. The van der Waals surface area contributed by atoms with Crippen LogP contribution in [0.3, 0.4) is 0 Å². The third-order valence-electron chi connectivity index (χ3n) is 2.35. The number of aliphatic carboxylic acids is 2. The summed E-state index contributed by atoms with van der Waals surface area (Å²) < 4.78 is 0. The van der Waals surface area contributed by atoms with E-state index in [-0.39, 0.29) is 23.5 Å². The zero-order chi connectivity index (χ0) is 17.3. The molecule has 0 rings (SSSR count). The second-order valence-electron chi connectivity index (χ2n) is 6.19. The third-order valence-corrected chi connectivity index (χ3v) is 2.35. The van der Waals surface area contributed by atoms with Crippen LogP contribution in [0, 0.1) is 5.41 Å². The summed E-state index contributed by atoms with van der Waals surface area (Å²) in [6, 6.07) is 0. The second kappa shape index (κ2) is 9.30. The average molecular weight is 306 g/mol. The van der Waals surface area contributed by atoms with Crippen LogP contribution in [0.2, 0.25) is 0 Å². The predicted molar refractivity (Wildman–Crippen MR) is 76.6 cm³/mol. The van der Waals surface area contributed by atoms with Gasteiger partial charge in [0.05, 0.1) is 0 Å². The van der Waals surface area contributed by atoms with Gasteiger partial charge in [-0.2, -0.15) is 0 Å². The molecule has 0 saturated carbocycles. The Labute approximate surface area is 124 Å². The lowest BCUT2D eigenvalue weighted by atomic mass is 9.85. The van der Waals surface area contributed by atoms with Crippen LogP contribution < -0.4 is 11.1 Å². The van der Waals surface area contributed by atoms with E-state index in [4.69, 9.17) is 30.6 Å². The predicted octanol–water partition coefficient (Wildman–Crippen LogP) is -0.206. The fraction of sp³-hybridized carbons (Fsp3) is 0.769. The Hall–Kier alpha value is -1.67. The van der Waals surface area contributed by atoms with Crippen LogP contribution in [0.15, 0.2) is 0 Å². The first-order valence-corrected chi connectivity index (χ1v) is 6.43. The lowest BCUT2D eigenvalue weighted by Crippen LogP contribution is -2.45. The first kappa shape index (κ1) is 21.6. The highest BCUT2D eigenvalue weighted by molar-refractivity contribution is 6.27. The lowest BCUT2D eigenvalue weighted by molar-refractivity contribution is -0.159. The maximum absolute atomic E-state index is 11.5. The van der Waals surface area contributed by atoms with E-state index in [1.165, 1.54) is 0 Å². The van der Waals surface area contributed by atoms with Crippen LogP contribution in [0.5, 0.6) is 0 Å². The smallest absolute Gasteiger partial charge is 0.414 e. The summed E-state index contributed by atoms with van der Waals surface area (Å²) in [5, 5.41) is 26.4. The maximum Gasteiger partial charge on any atom is 0.414 e. The monoisotopic (exact) mass is 306 g/mol. The molecule has 0 aromatic carbocycles. The van der Waals surface area contributed by atoms with Crippen molar-refractivity contribution in [3.63, 3.8) is 0 Å². The Bertz CT molecular complexity index is 348. The summed E-state index contributed by atoms with van der Waals surface area (Å²) in [6.45, 7) is 8.26. The van der Waals surface area contributed by atoms with Gasteiger partial charge in [-0.15, -0.1) is 0 Å². The summed E-state index contributed by atoms with van der Waals surface area (Å²) in [5.41, 5.74) is 5.22. The fourth-order valence-corrected chi connectivity index (χ4v) is 1.21. The van der Waals surface area contributed by atoms with Crippen molar-refractivity contribution in [2.45, 2.75) is 46.1 Å². The molecule has 0 aromatic rings. The van der Waals surface area contributed by atoms with Gasteiger partial charge >= 0.3 is 11.9 Å². The van der Waals surface area contributed by atoms with Gasteiger partial charge in [-0.25, -0.2) is 9.59 Å². The van der Waals surface area contributed by atoms with Crippen molar-refractivity contribution >= 4 is 17.8 Å². The minimum absolute atomic E-state index is 0.00743. The third kappa shape index (κ3) is 16.3. The molecule has 0 spiro atoms. The largest absolute Gasteiger partial charge is 0.473 e.